The van der Waals surface area contributed by atoms with Crippen molar-refractivity contribution in [3.8, 4) is 5.75 Å². The van der Waals surface area contributed by atoms with E-state index < -0.39 is 24.1 Å². The van der Waals surface area contributed by atoms with Gasteiger partial charge in [-0.15, -0.1) is 0 Å². The molecule has 2 aromatic carbocycles. The molecule has 2 rings (SSSR count). The van der Waals surface area contributed by atoms with Crippen LogP contribution in [0.3, 0.4) is 0 Å². The van der Waals surface area contributed by atoms with Crippen molar-refractivity contribution in [1.82, 2.24) is 5.32 Å². The zero-order valence-electron chi connectivity index (χ0n) is 18.6. The van der Waals surface area contributed by atoms with Crippen molar-refractivity contribution in [2.75, 3.05) is 17.8 Å². The van der Waals surface area contributed by atoms with E-state index in [2.05, 4.69) is 5.32 Å². The Hall–Kier alpha value is -2.82. The molecule has 0 bridgehead atoms. The summed E-state index contributed by atoms with van der Waals surface area (Å²) < 4.78 is 21.2. The van der Waals surface area contributed by atoms with Crippen LogP contribution >= 0.6 is 22.6 Å². The standard InChI is InChI=1S/C24H28INO7/c1-3-17(2)21(26-24(29)32-15-18-7-5-4-6-8-18)23(28)31-14-13-30-20-11-9-19(10-12-20)22(27)33-16-25/h4-12,17,21H,3,13-16H2,1-2H3,(H,26,29)/t17-,21-/m0/s1. The first-order chi connectivity index (χ1) is 15.9. The fourth-order valence-electron chi connectivity index (χ4n) is 2.77. The van der Waals surface area contributed by atoms with Crippen molar-refractivity contribution < 1.29 is 33.3 Å². The second-order valence-electron chi connectivity index (χ2n) is 7.15. The Bertz CT molecular complexity index is 889. The minimum absolute atomic E-state index is 0.00510. The van der Waals surface area contributed by atoms with Crippen molar-refractivity contribution in [3.05, 3.63) is 65.7 Å². The number of carbonyl (C=O) groups is 3. The van der Waals surface area contributed by atoms with Gasteiger partial charge in [-0.1, -0.05) is 50.6 Å². The average Bonchev–Trinajstić information content (AvgIpc) is 2.84. The number of amides is 1. The predicted octanol–water partition coefficient (Wildman–Crippen LogP) is 4.50. The van der Waals surface area contributed by atoms with E-state index in [0.717, 1.165) is 5.56 Å². The second-order valence-corrected chi connectivity index (χ2v) is 7.77. The Balaban J connectivity index is 1.78. The van der Waals surface area contributed by atoms with Crippen molar-refractivity contribution in [2.45, 2.75) is 32.9 Å². The number of hydrogen-bond acceptors (Lipinski definition) is 7. The molecule has 2 aromatic rings. The van der Waals surface area contributed by atoms with Crippen LogP contribution in [0, 0.1) is 5.92 Å². The first-order valence-electron chi connectivity index (χ1n) is 10.5. The van der Waals surface area contributed by atoms with Gasteiger partial charge in [0.15, 0.2) is 0 Å². The van der Waals surface area contributed by atoms with Crippen LogP contribution in [0.4, 0.5) is 4.79 Å². The third kappa shape index (κ3) is 9.29. The zero-order chi connectivity index (χ0) is 24.1. The predicted molar refractivity (Wildman–Crippen MR) is 130 cm³/mol. The van der Waals surface area contributed by atoms with Crippen LogP contribution in [0.5, 0.6) is 5.75 Å². The maximum absolute atomic E-state index is 12.5. The largest absolute Gasteiger partial charge is 0.490 e. The van der Waals surface area contributed by atoms with Crippen LogP contribution in [0.2, 0.25) is 0 Å². The van der Waals surface area contributed by atoms with Gasteiger partial charge in [-0.2, -0.15) is 0 Å². The molecule has 33 heavy (non-hydrogen) atoms. The number of hydrogen-bond donors (Lipinski definition) is 1. The lowest BCUT2D eigenvalue weighted by Gasteiger charge is -2.22. The Morgan fingerprint density at radius 2 is 1.64 bits per heavy atom. The summed E-state index contributed by atoms with van der Waals surface area (Å²) in [5.74, 6) is -0.576. The summed E-state index contributed by atoms with van der Waals surface area (Å²) in [6.07, 6.45) is -0.0137. The summed E-state index contributed by atoms with van der Waals surface area (Å²) in [6.45, 7) is 4.01. The molecule has 8 nitrogen and oxygen atoms in total. The summed E-state index contributed by atoms with van der Waals surface area (Å²) in [5, 5.41) is 2.60. The highest BCUT2D eigenvalue weighted by molar-refractivity contribution is 14.1. The lowest BCUT2D eigenvalue weighted by Crippen LogP contribution is -2.46. The summed E-state index contributed by atoms with van der Waals surface area (Å²) in [6, 6.07) is 14.9. The molecule has 2 atom stereocenters. The highest BCUT2D eigenvalue weighted by Crippen LogP contribution is 2.14. The van der Waals surface area contributed by atoms with Gasteiger partial charge in [0, 0.05) is 0 Å². The number of alkyl halides is 1. The summed E-state index contributed by atoms with van der Waals surface area (Å²) >= 11 is 1.95. The van der Waals surface area contributed by atoms with E-state index >= 15 is 0 Å². The normalized spacial score (nSPS) is 12.2. The van der Waals surface area contributed by atoms with Crippen LogP contribution in [-0.2, 0) is 25.6 Å². The summed E-state index contributed by atoms with van der Waals surface area (Å²) in [4.78, 5) is 36.4. The van der Waals surface area contributed by atoms with Gasteiger partial charge in [0.25, 0.3) is 0 Å². The molecule has 0 aliphatic rings. The Labute approximate surface area is 207 Å². The van der Waals surface area contributed by atoms with E-state index in [1.807, 2.05) is 66.8 Å². The smallest absolute Gasteiger partial charge is 0.408 e. The van der Waals surface area contributed by atoms with Crippen LogP contribution in [-0.4, -0.2) is 41.9 Å². The van der Waals surface area contributed by atoms with Gasteiger partial charge < -0.3 is 24.3 Å². The second kappa shape index (κ2) is 14.4. The number of carbonyl (C=O) groups excluding carboxylic acids is 3. The molecule has 0 fully saturated rings. The number of halogens is 1. The van der Waals surface area contributed by atoms with Gasteiger partial charge in [-0.05, 0) is 58.3 Å². The Kier molecular flexibility index (Phi) is 11.5. The van der Waals surface area contributed by atoms with Crippen LogP contribution in [0.1, 0.15) is 36.2 Å². The molecule has 0 aliphatic carbocycles. The van der Waals surface area contributed by atoms with Gasteiger partial charge in [0.2, 0.25) is 0 Å². The number of nitrogens with one attached hydrogen (secondary N) is 1. The average molecular weight is 569 g/mol. The third-order valence-corrected chi connectivity index (χ3v) is 5.14. The van der Waals surface area contributed by atoms with Gasteiger partial charge in [-0.3, -0.25) is 0 Å². The van der Waals surface area contributed by atoms with E-state index in [9.17, 15) is 14.4 Å². The highest BCUT2D eigenvalue weighted by atomic mass is 127. The van der Waals surface area contributed by atoms with Crippen LogP contribution in [0.15, 0.2) is 54.6 Å². The lowest BCUT2D eigenvalue weighted by molar-refractivity contribution is -0.148. The molecule has 0 aliphatic heterocycles. The summed E-state index contributed by atoms with van der Waals surface area (Å²) in [5.41, 5.74) is 1.27. The minimum atomic E-state index is -0.832. The monoisotopic (exact) mass is 569 g/mol. The van der Waals surface area contributed by atoms with Crippen molar-refractivity contribution in [3.63, 3.8) is 0 Å². The zero-order valence-corrected chi connectivity index (χ0v) is 20.8. The molecule has 0 heterocycles. The number of ether oxygens (including phenoxy) is 4. The number of rotatable bonds is 12. The van der Waals surface area contributed by atoms with Gasteiger partial charge >= 0.3 is 18.0 Å². The van der Waals surface area contributed by atoms with E-state index in [-0.39, 0.29) is 30.4 Å². The number of alkyl carbamates (subject to hydrolysis) is 1. The first-order valence-corrected chi connectivity index (χ1v) is 12.1. The molecule has 0 aromatic heterocycles. The maximum atomic E-state index is 12.5. The number of esters is 2. The number of benzene rings is 2. The van der Waals surface area contributed by atoms with E-state index in [1.165, 1.54) is 0 Å². The third-order valence-electron chi connectivity index (χ3n) is 4.83. The molecule has 0 spiro atoms. The molecule has 178 valence electrons. The van der Waals surface area contributed by atoms with Crippen molar-refractivity contribution >= 4 is 40.6 Å². The molecule has 9 heteroatoms. The molecular formula is C24H28INO7. The topological polar surface area (TPSA) is 100 Å². The molecule has 1 amide bonds. The van der Waals surface area contributed by atoms with E-state index in [0.29, 0.717) is 17.7 Å². The lowest BCUT2D eigenvalue weighted by atomic mass is 9.99. The maximum Gasteiger partial charge on any atom is 0.408 e. The SMILES string of the molecule is CC[C@H](C)[C@H](NC(=O)OCc1ccccc1)C(=O)OCCOc1ccc(C(=O)OCI)cc1. The van der Waals surface area contributed by atoms with Gasteiger partial charge in [-0.25, -0.2) is 14.4 Å². The van der Waals surface area contributed by atoms with Gasteiger partial charge in [0.05, 0.1) is 5.56 Å². The highest BCUT2D eigenvalue weighted by Gasteiger charge is 2.28. The first kappa shape index (κ1) is 26.4. The molecule has 0 radical (unpaired) electrons. The fraction of sp³-hybridized carbons (Fsp3) is 0.375. The molecule has 0 unspecified atom stereocenters. The van der Waals surface area contributed by atoms with Crippen molar-refractivity contribution in [2.24, 2.45) is 5.92 Å². The van der Waals surface area contributed by atoms with Crippen LogP contribution < -0.4 is 10.1 Å². The molecule has 0 saturated heterocycles. The Morgan fingerprint density at radius 3 is 2.27 bits per heavy atom. The van der Waals surface area contributed by atoms with E-state index in [1.54, 1.807) is 24.3 Å². The fourth-order valence-corrected chi connectivity index (χ4v) is 3.06. The summed E-state index contributed by atoms with van der Waals surface area (Å²) in [7, 11) is 0. The quantitative estimate of drug-likeness (QED) is 0.132. The van der Waals surface area contributed by atoms with Gasteiger partial charge in [0.1, 0.15) is 36.2 Å². The van der Waals surface area contributed by atoms with Crippen molar-refractivity contribution in [1.29, 1.82) is 0 Å². The van der Waals surface area contributed by atoms with E-state index in [4.69, 9.17) is 18.9 Å². The van der Waals surface area contributed by atoms with Crippen LogP contribution in [0.25, 0.3) is 0 Å². The molecule has 0 saturated carbocycles. The molecule has 1 N–H and O–H groups in total. The minimum Gasteiger partial charge on any atom is -0.490 e. The molecular weight excluding hydrogens is 541 g/mol. The Morgan fingerprint density at radius 1 is 0.939 bits per heavy atom.